The summed E-state index contributed by atoms with van der Waals surface area (Å²) in [6.45, 7) is 0.990. The van der Waals surface area contributed by atoms with E-state index in [4.69, 9.17) is 16.3 Å². The fourth-order valence-electron chi connectivity index (χ4n) is 2.30. The van der Waals surface area contributed by atoms with Crippen molar-refractivity contribution in [2.24, 2.45) is 0 Å². The van der Waals surface area contributed by atoms with Crippen LogP contribution in [0, 0.1) is 0 Å². The van der Waals surface area contributed by atoms with Crippen molar-refractivity contribution in [2.75, 3.05) is 26.0 Å². The molecule has 0 saturated carbocycles. The molecule has 0 aliphatic heterocycles. The standard InChI is InChI=1S/C17H18BrClN2O2/c1-21(10-12-9-13(19)7-8-16(12)23-2)11-17(22)20-15-6-4-3-5-14(15)18/h3-9H,10-11H2,1-2H3,(H,20,22)/p+1. The molecule has 0 heterocycles. The number of rotatable bonds is 6. The van der Waals surface area contributed by atoms with Crippen molar-refractivity contribution in [1.29, 1.82) is 0 Å². The minimum atomic E-state index is -0.0459. The number of anilines is 1. The van der Waals surface area contributed by atoms with E-state index in [9.17, 15) is 4.79 Å². The maximum Gasteiger partial charge on any atom is 0.279 e. The predicted molar refractivity (Wildman–Crippen MR) is 96.2 cm³/mol. The normalized spacial score (nSPS) is 11.8. The molecule has 4 nitrogen and oxygen atoms in total. The Morgan fingerprint density at radius 2 is 2.04 bits per heavy atom. The Balaban J connectivity index is 1.97. The van der Waals surface area contributed by atoms with Gasteiger partial charge < -0.3 is 15.0 Å². The zero-order chi connectivity index (χ0) is 16.8. The maximum atomic E-state index is 12.2. The molecule has 1 unspecified atom stereocenters. The molecule has 0 aliphatic carbocycles. The van der Waals surface area contributed by atoms with E-state index in [2.05, 4.69) is 21.2 Å². The first-order valence-electron chi connectivity index (χ1n) is 7.17. The summed E-state index contributed by atoms with van der Waals surface area (Å²) in [4.78, 5) is 13.2. The van der Waals surface area contributed by atoms with Crippen molar-refractivity contribution in [3.63, 3.8) is 0 Å². The van der Waals surface area contributed by atoms with Gasteiger partial charge in [0.25, 0.3) is 5.91 Å². The molecule has 2 aromatic carbocycles. The number of hydrogen-bond donors (Lipinski definition) is 2. The highest BCUT2D eigenvalue weighted by molar-refractivity contribution is 9.10. The van der Waals surface area contributed by atoms with E-state index < -0.39 is 0 Å². The van der Waals surface area contributed by atoms with E-state index in [1.807, 2.05) is 43.4 Å². The average molecular weight is 399 g/mol. The number of benzene rings is 2. The van der Waals surface area contributed by atoms with Crippen molar-refractivity contribution in [1.82, 2.24) is 0 Å². The van der Waals surface area contributed by atoms with Crippen LogP contribution in [0.2, 0.25) is 5.02 Å². The number of carbonyl (C=O) groups excluding carboxylic acids is 1. The molecule has 122 valence electrons. The van der Waals surface area contributed by atoms with Crippen LogP contribution in [0.25, 0.3) is 0 Å². The van der Waals surface area contributed by atoms with Crippen molar-refractivity contribution in [3.05, 3.63) is 57.5 Å². The highest BCUT2D eigenvalue weighted by atomic mass is 79.9. The largest absolute Gasteiger partial charge is 0.496 e. The third kappa shape index (κ3) is 5.23. The van der Waals surface area contributed by atoms with Gasteiger partial charge in [0, 0.05) is 15.1 Å². The fourth-order valence-corrected chi connectivity index (χ4v) is 2.88. The zero-order valence-electron chi connectivity index (χ0n) is 13.0. The minimum absolute atomic E-state index is 0.0459. The number of methoxy groups -OCH3 is 1. The van der Waals surface area contributed by atoms with E-state index in [1.54, 1.807) is 13.2 Å². The van der Waals surface area contributed by atoms with E-state index in [0.29, 0.717) is 18.1 Å². The number of amides is 1. The summed E-state index contributed by atoms with van der Waals surface area (Å²) in [6.07, 6.45) is 0. The Bertz CT molecular complexity index is 694. The summed E-state index contributed by atoms with van der Waals surface area (Å²) < 4.78 is 6.20. The monoisotopic (exact) mass is 397 g/mol. The number of quaternary nitrogens is 1. The van der Waals surface area contributed by atoms with E-state index >= 15 is 0 Å². The summed E-state index contributed by atoms with van der Waals surface area (Å²) >= 11 is 9.46. The molecule has 23 heavy (non-hydrogen) atoms. The predicted octanol–water partition coefficient (Wildman–Crippen LogP) is 2.76. The van der Waals surface area contributed by atoms with Gasteiger partial charge in [0.1, 0.15) is 12.3 Å². The van der Waals surface area contributed by atoms with Crippen molar-refractivity contribution < 1.29 is 14.4 Å². The van der Waals surface area contributed by atoms with Crippen molar-refractivity contribution in [3.8, 4) is 5.75 Å². The lowest BCUT2D eigenvalue weighted by Crippen LogP contribution is -3.08. The third-order valence-corrected chi connectivity index (χ3v) is 4.27. The van der Waals surface area contributed by atoms with Crippen LogP contribution in [0.5, 0.6) is 5.75 Å². The number of para-hydroxylation sites is 1. The molecule has 2 N–H and O–H groups in total. The lowest BCUT2D eigenvalue weighted by atomic mass is 10.2. The van der Waals surface area contributed by atoms with Crippen LogP contribution in [0.4, 0.5) is 5.69 Å². The Morgan fingerprint density at radius 3 is 2.74 bits per heavy atom. The molecule has 0 fully saturated rings. The average Bonchev–Trinajstić information content (AvgIpc) is 2.49. The first-order chi connectivity index (χ1) is 11.0. The Morgan fingerprint density at radius 1 is 1.30 bits per heavy atom. The molecular weight excluding hydrogens is 380 g/mol. The molecule has 0 aliphatic rings. The molecule has 0 saturated heterocycles. The second-order valence-electron chi connectivity index (χ2n) is 5.29. The van der Waals surface area contributed by atoms with Gasteiger partial charge in [-0.3, -0.25) is 4.79 Å². The smallest absolute Gasteiger partial charge is 0.279 e. The highest BCUT2D eigenvalue weighted by Gasteiger charge is 2.14. The number of hydrogen-bond acceptors (Lipinski definition) is 2. The summed E-state index contributed by atoms with van der Waals surface area (Å²) in [5, 5.41) is 3.56. The van der Waals surface area contributed by atoms with Gasteiger partial charge >= 0.3 is 0 Å². The van der Waals surface area contributed by atoms with Gasteiger partial charge in [0.15, 0.2) is 6.54 Å². The number of likely N-dealkylation sites (N-methyl/N-ethyl adjacent to an activating group) is 1. The Labute approximate surface area is 149 Å². The van der Waals surface area contributed by atoms with Crippen molar-refractivity contribution >= 4 is 39.1 Å². The van der Waals surface area contributed by atoms with E-state index in [-0.39, 0.29) is 5.91 Å². The summed E-state index contributed by atoms with van der Waals surface area (Å²) in [6, 6.07) is 13.0. The van der Waals surface area contributed by atoms with Gasteiger partial charge in [-0.15, -0.1) is 0 Å². The molecule has 2 aromatic rings. The molecule has 1 amide bonds. The summed E-state index contributed by atoms with van der Waals surface area (Å²) in [7, 11) is 3.58. The lowest BCUT2D eigenvalue weighted by Gasteiger charge is -2.16. The van der Waals surface area contributed by atoms with Gasteiger partial charge in [-0.25, -0.2) is 0 Å². The van der Waals surface area contributed by atoms with Crippen LogP contribution in [0.3, 0.4) is 0 Å². The van der Waals surface area contributed by atoms with E-state index in [0.717, 1.165) is 26.4 Å². The maximum absolute atomic E-state index is 12.2. The van der Waals surface area contributed by atoms with E-state index in [1.165, 1.54) is 0 Å². The molecule has 0 radical (unpaired) electrons. The SMILES string of the molecule is COc1ccc(Cl)cc1C[NH+](C)CC(=O)Nc1ccccc1Br. The zero-order valence-corrected chi connectivity index (χ0v) is 15.4. The highest BCUT2D eigenvalue weighted by Crippen LogP contribution is 2.22. The van der Waals surface area contributed by atoms with Crippen LogP contribution >= 0.6 is 27.5 Å². The number of halogens is 2. The van der Waals surface area contributed by atoms with Crippen LogP contribution < -0.4 is 15.0 Å². The van der Waals surface area contributed by atoms with Gasteiger partial charge in [0.05, 0.1) is 19.8 Å². The molecule has 6 heteroatoms. The molecule has 0 bridgehead atoms. The third-order valence-electron chi connectivity index (χ3n) is 3.34. The number of nitrogens with one attached hydrogen (secondary N) is 2. The first kappa shape index (κ1) is 17.8. The van der Waals surface area contributed by atoms with Gasteiger partial charge in [-0.2, -0.15) is 0 Å². The fraction of sp³-hybridized carbons (Fsp3) is 0.235. The van der Waals surface area contributed by atoms with Gasteiger partial charge in [-0.05, 0) is 46.3 Å². The Kier molecular flexibility index (Phi) is 6.45. The molecular formula is C17H19BrClN2O2+. The topological polar surface area (TPSA) is 42.8 Å². The van der Waals surface area contributed by atoms with Gasteiger partial charge in [0.2, 0.25) is 0 Å². The second-order valence-corrected chi connectivity index (χ2v) is 6.59. The summed E-state index contributed by atoms with van der Waals surface area (Å²) in [5.74, 6) is 0.732. The van der Waals surface area contributed by atoms with Crippen LogP contribution in [-0.2, 0) is 11.3 Å². The van der Waals surface area contributed by atoms with Crippen LogP contribution in [0.1, 0.15) is 5.56 Å². The number of carbonyl (C=O) groups is 1. The molecule has 0 spiro atoms. The minimum Gasteiger partial charge on any atom is -0.496 e. The first-order valence-corrected chi connectivity index (χ1v) is 8.35. The lowest BCUT2D eigenvalue weighted by molar-refractivity contribution is -0.885. The summed E-state index contributed by atoms with van der Waals surface area (Å²) in [5.41, 5.74) is 1.75. The molecule has 0 aromatic heterocycles. The molecule has 2 rings (SSSR count). The van der Waals surface area contributed by atoms with Crippen LogP contribution in [0.15, 0.2) is 46.9 Å². The molecule has 1 atom stereocenters. The van der Waals surface area contributed by atoms with Gasteiger partial charge in [-0.1, -0.05) is 23.7 Å². The second kappa shape index (κ2) is 8.34. The number of ether oxygens (including phenoxy) is 1. The van der Waals surface area contributed by atoms with Crippen LogP contribution in [-0.4, -0.2) is 26.6 Å². The Hall–Kier alpha value is -1.56. The van der Waals surface area contributed by atoms with Crippen molar-refractivity contribution in [2.45, 2.75) is 6.54 Å². The quantitative estimate of drug-likeness (QED) is 0.786.